The van der Waals surface area contributed by atoms with Crippen LogP contribution in [0.2, 0.25) is 19.6 Å². The van der Waals surface area contributed by atoms with Gasteiger partial charge in [0, 0.05) is 11.9 Å². The quantitative estimate of drug-likeness (QED) is 0.438. The maximum Gasteiger partial charge on any atom is 0.186 e. The van der Waals surface area contributed by atoms with Crippen LogP contribution in [0.1, 0.15) is 19.0 Å². The topological polar surface area (TPSA) is 51.1 Å². The van der Waals surface area contributed by atoms with E-state index >= 15 is 0 Å². The maximum atomic E-state index is 6.16. The average molecular weight is 367 g/mol. The Balaban J connectivity index is 1.99. The molecule has 0 saturated carbocycles. The third-order valence-corrected chi connectivity index (χ3v) is 4.91. The van der Waals surface area contributed by atoms with Crippen LogP contribution in [0.15, 0.2) is 48.7 Å². The molecular weight excluding hydrogens is 340 g/mol. The fourth-order valence-corrected chi connectivity index (χ4v) is 3.11. The number of aryl methyl sites for hydroxylation is 1. The molecule has 0 aliphatic carbocycles. The molecule has 6 heteroatoms. The van der Waals surface area contributed by atoms with Crippen LogP contribution >= 0.6 is 0 Å². The van der Waals surface area contributed by atoms with Gasteiger partial charge >= 0.3 is 0 Å². The van der Waals surface area contributed by atoms with Gasteiger partial charge in [-0.3, -0.25) is 4.98 Å². The summed E-state index contributed by atoms with van der Waals surface area (Å²) in [6.45, 7) is 9.17. The zero-order valence-corrected chi connectivity index (χ0v) is 16.9. The summed E-state index contributed by atoms with van der Waals surface area (Å²) in [5.74, 6) is 0.824. The van der Waals surface area contributed by atoms with Crippen molar-refractivity contribution in [3.8, 4) is 0 Å². The van der Waals surface area contributed by atoms with Crippen LogP contribution in [0, 0.1) is 0 Å². The number of hydrogen-bond acceptors (Lipinski definition) is 5. The van der Waals surface area contributed by atoms with Crippen molar-refractivity contribution in [1.82, 2.24) is 15.0 Å². The van der Waals surface area contributed by atoms with Gasteiger partial charge in [-0.1, -0.05) is 31.5 Å². The first kappa shape index (κ1) is 18.5. The predicted molar refractivity (Wildman–Crippen MR) is 109 cm³/mol. The highest BCUT2D eigenvalue weighted by molar-refractivity contribution is 6.69. The van der Waals surface area contributed by atoms with E-state index in [0.29, 0.717) is 12.4 Å². The minimum Gasteiger partial charge on any atom is -0.400 e. The Morgan fingerprint density at radius 3 is 2.46 bits per heavy atom. The Bertz CT molecular complexity index is 865. The molecule has 3 rings (SSSR count). The van der Waals surface area contributed by atoms with Crippen molar-refractivity contribution >= 4 is 31.0 Å². The van der Waals surface area contributed by atoms with Gasteiger partial charge in [-0.2, -0.15) is 0 Å². The van der Waals surface area contributed by atoms with Gasteiger partial charge in [-0.15, -0.1) is 0 Å². The van der Waals surface area contributed by atoms with E-state index in [2.05, 4.69) is 53.6 Å². The lowest BCUT2D eigenvalue weighted by atomic mass is 10.2. The van der Waals surface area contributed by atoms with Gasteiger partial charge in [0.1, 0.15) is 18.1 Å². The van der Waals surface area contributed by atoms with Crippen molar-refractivity contribution in [3.05, 3.63) is 54.4 Å². The van der Waals surface area contributed by atoms with Gasteiger partial charge in [0.15, 0.2) is 14.0 Å². The first-order valence-corrected chi connectivity index (χ1v) is 12.5. The molecule has 3 aromatic rings. The summed E-state index contributed by atoms with van der Waals surface area (Å²) >= 11 is 0. The second-order valence-corrected chi connectivity index (χ2v) is 11.8. The second-order valence-electron chi connectivity index (χ2n) is 7.27. The second kappa shape index (κ2) is 7.93. The molecule has 5 nitrogen and oxygen atoms in total. The number of anilines is 2. The zero-order chi connectivity index (χ0) is 18.6. The lowest BCUT2D eigenvalue weighted by molar-refractivity contribution is 0.320. The summed E-state index contributed by atoms with van der Waals surface area (Å²) < 4.78 is 6.16. The summed E-state index contributed by atoms with van der Waals surface area (Å²) in [5, 5.41) is 0. The van der Waals surface area contributed by atoms with E-state index in [1.807, 2.05) is 36.5 Å². The van der Waals surface area contributed by atoms with Crippen molar-refractivity contribution in [2.75, 3.05) is 11.6 Å². The minimum atomic E-state index is -1.66. The number of fused-ring (bicyclic) bond motifs is 1. The lowest BCUT2D eigenvalue weighted by Gasteiger charge is -2.28. The van der Waals surface area contributed by atoms with Crippen LogP contribution in [0.4, 0.5) is 11.5 Å². The maximum absolute atomic E-state index is 6.16. The van der Waals surface area contributed by atoms with Crippen molar-refractivity contribution in [2.45, 2.75) is 39.4 Å². The van der Waals surface area contributed by atoms with E-state index in [4.69, 9.17) is 9.41 Å². The van der Waals surface area contributed by atoms with Crippen LogP contribution in [-0.4, -0.2) is 30.0 Å². The van der Waals surface area contributed by atoms with Crippen LogP contribution in [0.25, 0.3) is 11.2 Å². The Hall–Kier alpha value is -2.31. The number of para-hydroxylation sites is 1. The van der Waals surface area contributed by atoms with E-state index < -0.39 is 8.32 Å². The van der Waals surface area contributed by atoms with Crippen LogP contribution in [-0.2, 0) is 10.8 Å². The molecule has 26 heavy (non-hydrogen) atoms. The minimum absolute atomic E-state index is 0.473. The highest BCUT2D eigenvalue weighted by Gasteiger charge is 2.19. The van der Waals surface area contributed by atoms with E-state index in [0.717, 1.165) is 35.6 Å². The third-order valence-electron chi connectivity index (χ3n) is 3.92. The highest BCUT2D eigenvalue weighted by atomic mass is 28.4. The number of rotatable bonds is 7. The SMILES string of the molecule is CCCc1cnc2ccc(N(CO[Si](C)(C)C)c3ccccc3)nc2n1. The molecule has 2 aromatic heterocycles. The van der Waals surface area contributed by atoms with Gasteiger partial charge in [0.05, 0.1) is 5.69 Å². The fourth-order valence-electron chi connectivity index (χ4n) is 2.59. The molecule has 136 valence electrons. The first-order chi connectivity index (χ1) is 12.5. The van der Waals surface area contributed by atoms with Crippen molar-refractivity contribution < 1.29 is 4.43 Å². The van der Waals surface area contributed by atoms with E-state index in [-0.39, 0.29) is 0 Å². The molecule has 0 spiro atoms. The number of aromatic nitrogens is 3. The molecule has 0 unspecified atom stereocenters. The normalized spacial score (nSPS) is 11.7. The van der Waals surface area contributed by atoms with Gasteiger partial charge in [0.2, 0.25) is 0 Å². The van der Waals surface area contributed by atoms with Crippen LogP contribution in [0.3, 0.4) is 0 Å². The molecule has 0 aliphatic rings. The van der Waals surface area contributed by atoms with E-state index in [1.165, 1.54) is 0 Å². The summed E-state index contributed by atoms with van der Waals surface area (Å²) in [5.41, 5.74) is 3.53. The molecule has 0 atom stereocenters. The predicted octanol–water partition coefficient (Wildman–Crippen LogP) is 4.92. The summed E-state index contributed by atoms with van der Waals surface area (Å²) in [7, 11) is -1.66. The summed E-state index contributed by atoms with van der Waals surface area (Å²) in [4.78, 5) is 16.0. The summed E-state index contributed by atoms with van der Waals surface area (Å²) in [6, 6.07) is 14.2. The van der Waals surface area contributed by atoms with Crippen molar-refractivity contribution in [3.63, 3.8) is 0 Å². The molecular formula is C20H26N4OSi. The Morgan fingerprint density at radius 2 is 1.77 bits per heavy atom. The Morgan fingerprint density at radius 1 is 1.00 bits per heavy atom. The first-order valence-electron chi connectivity index (χ1n) is 9.05. The zero-order valence-electron chi connectivity index (χ0n) is 15.9. The van der Waals surface area contributed by atoms with Crippen molar-refractivity contribution in [1.29, 1.82) is 0 Å². The molecule has 0 radical (unpaired) electrons. The molecule has 0 fully saturated rings. The third kappa shape index (κ3) is 4.65. The number of hydrogen-bond donors (Lipinski definition) is 0. The van der Waals surface area contributed by atoms with Crippen molar-refractivity contribution in [2.24, 2.45) is 0 Å². The standard InChI is InChI=1S/C20H26N4OSi/c1-5-9-16-14-21-18-12-13-19(23-20(18)22-16)24(15-25-26(2,3)4)17-10-7-6-8-11-17/h6-8,10-14H,5,9,15H2,1-4H3. The number of benzene rings is 1. The highest BCUT2D eigenvalue weighted by Crippen LogP contribution is 2.25. The molecule has 0 saturated heterocycles. The number of nitrogens with zero attached hydrogens (tertiary/aromatic N) is 4. The lowest BCUT2D eigenvalue weighted by Crippen LogP contribution is -2.33. The smallest absolute Gasteiger partial charge is 0.186 e. The van der Waals surface area contributed by atoms with Gasteiger partial charge in [0.25, 0.3) is 0 Å². The molecule has 2 heterocycles. The van der Waals surface area contributed by atoms with Gasteiger partial charge in [-0.25, -0.2) is 9.97 Å². The molecule has 0 bridgehead atoms. The molecule has 0 N–H and O–H groups in total. The monoisotopic (exact) mass is 366 g/mol. The van der Waals surface area contributed by atoms with Crippen LogP contribution < -0.4 is 4.90 Å². The van der Waals surface area contributed by atoms with Gasteiger partial charge in [-0.05, 0) is 50.3 Å². The molecule has 0 amide bonds. The Labute approximate surface area is 156 Å². The Kier molecular flexibility index (Phi) is 5.63. The van der Waals surface area contributed by atoms with E-state index in [1.54, 1.807) is 0 Å². The average Bonchev–Trinajstić information content (AvgIpc) is 2.62. The van der Waals surface area contributed by atoms with E-state index in [9.17, 15) is 0 Å². The fraction of sp³-hybridized carbons (Fsp3) is 0.350. The van der Waals surface area contributed by atoms with Crippen LogP contribution in [0.5, 0.6) is 0 Å². The van der Waals surface area contributed by atoms with Gasteiger partial charge < -0.3 is 9.33 Å². The number of pyridine rings is 1. The largest absolute Gasteiger partial charge is 0.400 e. The molecule has 1 aromatic carbocycles. The summed E-state index contributed by atoms with van der Waals surface area (Å²) in [6.07, 6.45) is 3.80. The molecule has 0 aliphatic heterocycles.